The van der Waals surface area contributed by atoms with Crippen molar-refractivity contribution in [3.05, 3.63) is 23.7 Å². The lowest BCUT2D eigenvalue weighted by Crippen LogP contribution is -2.52. The van der Waals surface area contributed by atoms with Gasteiger partial charge in [0, 0.05) is 23.2 Å². The molecule has 0 radical (unpaired) electrons. The number of aromatic carboxylic acids is 1. The monoisotopic (exact) mass is 493 g/mol. The largest absolute Gasteiger partial charge is 0.476 e. The number of carboxylic acid groups (broad SMARTS) is 1. The van der Waals surface area contributed by atoms with Crippen LogP contribution in [0.5, 0.6) is 0 Å². The predicted molar refractivity (Wildman–Crippen MR) is 116 cm³/mol. The number of carboxylic acids is 1. The summed E-state index contributed by atoms with van der Waals surface area (Å²) >= 11 is 0. The van der Waals surface area contributed by atoms with Crippen molar-refractivity contribution >= 4 is 28.7 Å². The Morgan fingerprint density at radius 2 is 1.97 bits per heavy atom. The van der Waals surface area contributed by atoms with E-state index in [9.17, 15) is 32.7 Å². The molecule has 12 heteroatoms. The topological polar surface area (TPSA) is 117 Å². The third-order valence-corrected chi connectivity index (χ3v) is 7.44. The van der Waals surface area contributed by atoms with Crippen LogP contribution in [0.2, 0.25) is 0 Å². The SMILES string of the molecule is Cc1cc2c(C(=O)O)nn(CC(=O)N3[C@@H]4C[C@@H]4C[C@H]3C(=O)N[C@@H]3CCC[C@H](C(F)(F)F)C3)c2cn1. The zero-order chi connectivity index (χ0) is 25.1. The van der Waals surface area contributed by atoms with E-state index in [0.29, 0.717) is 35.9 Å². The first-order valence-corrected chi connectivity index (χ1v) is 11.8. The number of nitrogens with zero attached hydrogens (tertiary/aromatic N) is 4. The number of likely N-dealkylation sites (tertiary alicyclic amines) is 1. The summed E-state index contributed by atoms with van der Waals surface area (Å²) in [6.45, 7) is 1.46. The summed E-state index contributed by atoms with van der Waals surface area (Å²) in [6.07, 6.45) is -0.782. The van der Waals surface area contributed by atoms with Gasteiger partial charge in [-0.25, -0.2) is 4.79 Å². The van der Waals surface area contributed by atoms with Crippen LogP contribution >= 0.6 is 0 Å². The van der Waals surface area contributed by atoms with Crippen LogP contribution in [0.1, 0.15) is 54.7 Å². The Bertz CT molecular complexity index is 1200. The van der Waals surface area contributed by atoms with Gasteiger partial charge in [-0.1, -0.05) is 6.42 Å². The van der Waals surface area contributed by atoms with Crippen molar-refractivity contribution in [2.24, 2.45) is 11.8 Å². The highest BCUT2D eigenvalue weighted by Crippen LogP contribution is 2.48. The zero-order valence-electron chi connectivity index (χ0n) is 19.1. The van der Waals surface area contributed by atoms with Crippen molar-refractivity contribution in [2.45, 2.75) is 76.3 Å². The summed E-state index contributed by atoms with van der Waals surface area (Å²) in [4.78, 5) is 43.7. The fraction of sp³-hybridized carbons (Fsp3) is 0.609. The van der Waals surface area contributed by atoms with Crippen molar-refractivity contribution in [3.8, 4) is 0 Å². The molecular weight excluding hydrogens is 467 g/mol. The summed E-state index contributed by atoms with van der Waals surface area (Å²) in [7, 11) is 0. The van der Waals surface area contributed by atoms with Crippen molar-refractivity contribution in [3.63, 3.8) is 0 Å². The number of fused-ring (bicyclic) bond motifs is 2. The molecule has 1 aliphatic heterocycles. The Labute approximate surface area is 198 Å². The molecule has 2 amide bonds. The van der Waals surface area contributed by atoms with Gasteiger partial charge in [-0.05, 0) is 51.0 Å². The molecule has 3 fully saturated rings. The molecule has 35 heavy (non-hydrogen) atoms. The molecule has 2 aliphatic carbocycles. The molecule has 0 aromatic carbocycles. The number of carbonyl (C=O) groups excluding carboxylic acids is 2. The number of hydrogen-bond acceptors (Lipinski definition) is 5. The van der Waals surface area contributed by atoms with Gasteiger partial charge in [0.15, 0.2) is 5.69 Å². The van der Waals surface area contributed by atoms with Gasteiger partial charge < -0.3 is 15.3 Å². The summed E-state index contributed by atoms with van der Waals surface area (Å²) in [5.41, 5.74) is 0.822. The van der Waals surface area contributed by atoms with E-state index < -0.39 is 36.1 Å². The highest BCUT2D eigenvalue weighted by molar-refractivity contribution is 6.01. The van der Waals surface area contributed by atoms with Gasteiger partial charge in [0.1, 0.15) is 12.6 Å². The lowest BCUT2D eigenvalue weighted by atomic mass is 9.85. The van der Waals surface area contributed by atoms with Gasteiger partial charge in [-0.3, -0.25) is 19.3 Å². The number of alkyl halides is 3. The predicted octanol–water partition coefficient (Wildman–Crippen LogP) is 2.66. The maximum atomic E-state index is 13.3. The van der Waals surface area contributed by atoms with Gasteiger partial charge in [-0.2, -0.15) is 18.3 Å². The van der Waals surface area contributed by atoms with E-state index in [0.717, 1.165) is 6.42 Å². The maximum absolute atomic E-state index is 13.3. The Kier molecular flexibility index (Phi) is 5.71. The summed E-state index contributed by atoms with van der Waals surface area (Å²) in [5.74, 6) is -3.26. The normalized spacial score (nSPS) is 28.1. The number of rotatable bonds is 5. The highest BCUT2D eigenvalue weighted by atomic mass is 19.4. The molecule has 2 aromatic heterocycles. The van der Waals surface area contributed by atoms with E-state index in [4.69, 9.17) is 0 Å². The molecule has 3 heterocycles. The first kappa shape index (κ1) is 23.6. The van der Waals surface area contributed by atoms with Crippen LogP contribution in [-0.4, -0.2) is 66.9 Å². The van der Waals surface area contributed by atoms with Crippen LogP contribution in [0.4, 0.5) is 13.2 Å². The van der Waals surface area contributed by atoms with E-state index in [1.54, 1.807) is 13.0 Å². The number of aryl methyl sites for hydroxylation is 1. The number of pyridine rings is 1. The number of nitrogens with one attached hydrogen (secondary N) is 1. The number of hydrogen-bond donors (Lipinski definition) is 2. The minimum Gasteiger partial charge on any atom is -0.476 e. The fourth-order valence-electron chi connectivity index (χ4n) is 5.63. The number of amides is 2. The van der Waals surface area contributed by atoms with E-state index in [1.807, 2.05) is 0 Å². The van der Waals surface area contributed by atoms with Crippen LogP contribution in [0.3, 0.4) is 0 Å². The molecule has 2 saturated carbocycles. The number of carbonyl (C=O) groups is 3. The van der Waals surface area contributed by atoms with Crippen LogP contribution in [-0.2, 0) is 16.1 Å². The highest BCUT2D eigenvalue weighted by Gasteiger charge is 2.56. The molecule has 5 rings (SSSR count). The molecule has 2 aromatic rings. The Morgan fingerprint density at radius 1 is 1.20 bits per heavy atom. The molecular formula is C23H26F3N5O4. The Hall–Kier alpha value is -3.18. The second kappa shape index (κ2) is 8.49. The standard InChI is InChI=1S/C23H26F3N5O4/c1-11-5-15-18(9-27-11)30(29-20(15)22(34)35)10-19(32)31-16-6-12(16)7-17(31)21(33)28-14-4-2-3-13(8-14)23(24,25)26/h5,9,12-14,16-17H,2-4,6-8,10H2,1H3,(H,28,33)(H,34,35)/t12-,13+,14-,16-,17+/m1/s1. The van der Waals surface area contributed by atoms with Crippen LogP contribution in [0.15, 0.2) is 12.3 Å². The molecule has 0 unspecified atom stereocenters. The molecule has 2 N–H and O–H groups in total. The van der Waals surface area contributed by atoms with Crippen LogP contribution < -0.4 is 5.32 Å². The molecule has 5 atom stereocenters. The average Bonchev–Trinajstić information content (AvgIpc) is 3.30. The Balaban J connectivity index is 1.31. The minimum atomic E-state index is -4.28. The van der Waals surface area contributed by atoms with E-state index in [2.05, 4.69) is 15.4 Å². The fourth-order valence-corrected chi connectivity index (χ4v) is 5.63. The number of piperidine rings is 1. The maximum Gasteiger partial charge on any atom is 0.391 e. The van der Waals surface area contributed by atoms with Crippen molar-refractivity contribution in [1.82, 2.24) is 25.0 Å². The second-order valence-electron chi connectivity index (χ2n) is 9.88. The smallest absolute Gasteiger partial charge is 0.391 e. The van der Waals surface area contributed by atoms with Crippen molar-refractivity contribution in [1.29, 1.82) is 0 Å². The van der Waals surface area contributed by atoms with E-state index in [-0.39, 0.29) is 42.9 Å². The number of aromatic nitrogens is 3. The lowest BCUT2D eigenvalue weighted by molar-refractivity contribution is -0.184. The Morgan fingerprint density at radius 3 is 2.69 bits per heavy atom. The van der Waals surface area contributed by atoms with Crippen LogP contribution in [0.25, 0.3) is 10.9 Å². The molecule has 3 aliphatic rings. The molecule has 0 bridgehead atoms. The van der Waals surface area contributed by atoms with Gasteiger partial charge in [0.25, 0.3) is 0 Å². The van der Waals surface area contributed by atoms with Crippen molar-refractivity contribution < 1.29 is 32.7 Å². The van der Waals surface area contributed by atoms with Gasteiger partial charge in [-0.15, -0.1) is 0 Å². The van der Waals surface area contributed by atoms with Gasteiger partial charge in [0.2, 0.25) is 11.8 Å². The quantitative estimate of drug-likeness (QED) is 0.662. The second-order valence-corrected chi connectivity index (χ2v) is 9.88. The third kappa shape index (κ3) is 4.45. The van der Waals surface area contributed by atoms with Crippen LogP contribution in [0, 0.1) is 18.8 Å². The summed E-state index contributed by atoms with van der Waals surface area (Å²) < 4.78 is 40.7. The number of halogens is 3. The first-order valence-electron chi connectivity index (χ1n) is 11.8. The average molecular weight is 493 g/mol. The van der Waals surface area contributed by atoms with E-state index >= 15 is 0 Å². The molecule has 1 saturated heterocycles. The summed E-state index contributed by atoms with van der Waals surface area (Å²) in [5, 5.41) is 16.7. The first-order chi connectivity index (χ1) is 16.5. The van der Waals surface area contributed by atoms with Gasteiger partial charge >= 0.3 is 12.1 Å². The lowest BCUT2D eigenvalue weighted by Gasteiger charge is -2.33. The summed E-state index contributed by atoms with van der Waals surface area (Å²) in [6, 6.07) is 0.181. The molecule has 188 valence electrons. The van der Waals surface area contributed by atoms with E-state index in [1.165, 1.54) is 15.8 Å². The third-order valence-electron chi connectivity index (χ3n) is 7.44. The van der Waals surface area contributed by atoms with Gasteiger partial charge in [0.05, 0.1) is 17.6 Å². The molecule has 9 nitrogen and oxygen atoms in total. The molecule has 0 spiro atoms. The minimum absolute atomic E-state index is 0.0681. The zero-order valence-corrected chi connectivity index (χ0v) is 19.1. The van der Waals surface area contributed by atoms with Crippen molar-refractivity contribution in [2.75, 3.05) is 0 Å².